The van der Waals surface area contributed by atoms with E-state index in [4.69, 9.17) is 11.6 Å². The Morgan fingerprint density at radius 2 is 1.88 bits per heavy atom. The molecule has 1 aromatic rings. The first-order chi connectivity index (χ1) is 11.4. The molecule has 0 atom stereocenters. The number of anilines is 1. The maximum absolute atomic E-state index is 12.3. The molecule has 0 spiro atoms. The Kier molecular flexibility index (Phi) is 6.89. The zero-order valence-electron chi connectivity index (χ0n) is 13.9. The number of nitrogens with zero attached hydrogens (tertiary/aromatic N) is 2. The number of unbranched alkanes of at least 4 members (excludes halogenated alkanes) is 1. The van der Waals surface area contributed by atoms with Crippen molar-refractivity contribution in [2.24, 2.45) is 0 Å². The fourth-order valence-electron chi connectivity index (χ4n) is 2.57. The van der Waals surface area contributed by atoms with Gasteiger partial charge in [0.2, 0.25) is 10.0 Å². The summed E-state index contributed by atoms with van der Waals surface area (Å²) in [5.74, 6) is 0.181. The summed E-state index contributed by atoms with van der Waals surface area (Å²) in [5, 5.41) is 3.42. The van der Waals surface area contributed by atoms with Crippen molar-refractivity contribution < 1.29 is 13.2 Å². The van der Waals surface area contributed by atoms with E-state index in [0.29, 0.717) is 49.7 Å². The average Bonchev–Trinajstić information content (AvgIpc) is 2.82. The molecule has 0 radical (unpaired) electrons. The lowest BCUT2D eigenvalue weighted by atomic mass is 10.3. The average molecular weight is 374 g/mol. The third-order valence-corrected chi connectivity index (χ3v) is 6.20. The number of urea groups is 1. The van der Waals surface area contributed by atoms with Crippen LogP contribution in [0.15, 0.2) is 24.3 Å². The summed E-state index contributed by atoms with van der Waals surface area (Å²) in [5.41, 5.74) is 0.668. The van der Waals surface area contributed by atoms with Gasteiger partial charge in [-0.25, -0.2) is 17.5 Å². The van der Waals surface area contributed by atoms with Crippen molar-refractivity contribution in [2.75, 3.05) is 37.2 Å². The second-order valence-corrected chi connectivity index (χ2v) is 8.37. The number of halogens is 1. The molecule has 2 amide bonds. The van der Waals surface area contributed by atoms with Gasteiger partial charge in [-0.1, -0.05) is 24.9 Å². The summed E-state index contributed by atoms with van der Waals surface area (Å²) in [7, 11) is -3.22. The molecule has 8 heteroatoms. The predicted molar refractivity (Wildman–Crippen MR) is 96.9 cm³/mol. The van der Waals surface area contributed by atoms with E-state index in [1.54, 1.807) is 29.2 Å². The van der Waals surface area contributed by atoms with Crippen molar-refractivity contribution >= 4 is 33.3 Å². The summed E-state index contributed by atoms with van der Waals surface area (Å²) in [6, 6.07) is 6.67. The zero-order chi connectivity index (χ0) is 17.6. The third kappa shape index (κ3) is 5.36. The van der Waals surface area contributed by atoms with Crippen LogP contribution in [0.1, 0.15) is 26.2 Å². The smallest absolute Gasteiger partial charge is 0.321 e. The lowest BCUT2D eigenvalue weighted by Crippen LogP contribution is -2.39. The first-order valence-electron chi connectivity index (χ1n) is 8.21. The molecule has 0 bridgehead atoms. The maximum atomic E-state index is 12.3. The van der Waals surface area contributed by atoms with E-state index < -0.39 is 10.0 Å². The monoisotopic (exact) mass is 373 g/mol. The number of amides is 2. The molecule has 24 heavy (non-hydrogen) atoms. The molecule has 0 saturated carbocycles. The largest absolute Gasteiger partial charge is 0.323 e. The first-order valence-corrected chi connectivity index (χ1v) is 10.2. The summed E-state index contributed by atoms with van der Waals surface area (Å²) < 4.78 is 26.1. The van der Waals surface area contributed by atoms with Crippen LogP contribution in [0.3, 0.4) is 0 Å². The number of sulfonamides is 1. The van der Waals surface area contributed by atoms with Gasteiger partial charge in [0.1, 0.15) is 0 Å². The number of carbonyl (C=O) groups excluding carboxylic acids is 1. The highest BCUT2D eigenvalue weighted by atomic mass is 35.5. The molecule has 1 fully saturated rings. The number of rotatable bonds is 5. The third-order valence-electron chi connectivity index (χ3n) is 3.99. The van der Waals surface area contributed by atoms with Gasteiger partial charge in [-0.05, 0) is 37.1 Å². The van der Waals surface area contributed by atoms with Gasteiger partial charge in [-0.3, -0.25) is 0 Å². The van der Waals surface area contributed by atoms with Crippen LogP contribution in [0, 0.1) is 0 Å². The topological polar surface area (TPSA) is 69.7 Å². The molecule has 2 rings (SSSR count). The van der Waals surface area contributed by atoms with Gasteiger partial charge >= 0.3 is 6.03 Å². The SMILES string of the molecule is CCCCS(=O)(=O)N1CCCN(C(=O)Nc2ccc(Cl)cc2)CC1. The van der Waals surface area contributed by atoms with Crippen LogP contribution in [0.4, 0.5) is 10.5 Å². The molecule has 1 N–H and O–H groups in total. The van der Waals surface area contributed by atoms with E-state index in [0.717, 1.165) is 6.42 Å². The van der Waals surface area contributed by atoms with E-state index in [9.17, 15) is 13.2 Å². The van der Waals surface area contributed by atoms with Crippen LogP contribution in [0.25, 0.3) is 0 Å². The Morgan fingerprint density at radius 1 is 1.17 bits per heavy atom. The molecule has 1 aliphatic rings. The second kappa shape index (κ2) is 8.69. The molecule has 6 nitrogen and oxygen atoms in total. The molecular formula is C16H24ClN3O3S. The van der Waals surface area contributed by atoms with Gasteiger partial charge in [-0.2, -0.15) is 0 Å². The number of nitrogens with one attached hydrogen (secondary N) is 1. The van der Waals surface area contributed by atoms with Crippen molar-refractivity contribution in [1.82, 2.24) is 9.21 Å². The van der Waals surface area contributed by atoms with Crippen molar-refractivity contribution in [3.63, 3.8) is 0 Å². The van der Waals surface area contributed by atoms with Crippen molar-refractivity contribution in [3.8, 4) is 0 Å². The van der Waals surface area contributed by atoms with Gasteiger partial charge < -0.3 is 10.2 Å². The van der Waals surface area contributed by atoms with Crippen molar-refractivity contribution in [2.45, 2.75) is 26.2 Å². The van der Waals surface area contributed by atoms with Crippen LogP contribution < -0.4 is 5.32 Å². The lowest BCUT2D eigenvalue weighted by Gasteiger charge is -2.22. The Balaban J connectivity index is 1.92. The Labute approximate surface area is 148 Å². The van der Waals surface area contributed by atoms with Gasteiger partial charge in [0.05, 0.1) is 5.75 Å². The highest BCUT2D eigenvalue weighted by molar-refractivity contribution is 7.89. The molecule has 134 valence electrons. The van der Waals surface area contributed by atoms with Gasteiger partial charge in [0.25, 0.3) is 0 Å². The quantitative estimate of drug-likeness (QED) is 0.862. The molecular weight excluding hydrogens is 350 g/mol. The summed E-state index contributed by atoms with van der Waals surface area (Å²) in [6.45, 7) is 3.72. The van der Waals surface area contributed by atoms with E-state index in [1.165, 1.54) is 4.31 Å². The Hall–Kier alpha value is -1.31. The summed E-state index contributed by atoms with van der Waals surface area (Å²) in [4.78, 5) is 14.0. The summed E-state index contributed by atoms with van der Waals surface area (Å²) >= 11 is 5.83. The molecule has 1 saturated heterocycles. The van der Waals surface area contributed by atoms with Crippen LogP contribution in [-0.2, 0) is 10.0 Å². The van der Waals surface area contributed by atoms with Crippen LogP contribution in [0.5, 0.6) is 0 Å². The highest BCUT2D eigenvalue weighted by Gasteiger charge is 2.26. The van der Waals surface area contributed by atoms with Gasteiger partial charge in [0, 0.05) is 36.9 Å². The van der Waals surface area contributed by atoms with Crippen LogP contribution >= 0.6 is 11.6 Å². The molecule has 0 unspecified atom stereocenters. The van der Waals surface area contributed by atoms with Crippen molar-refractivity contribution in [3.05, 3.63) is 29.3 Å². The maximum Gasteiger partial charge on any atom is 0.321 e. The lowest BCUT2D eigenvalue weighted by molar-refractivity contribution is 0.214. The van der Waals surface area contributed by atoms with Crippen molar-refractivity contribution in [1.29, 1.82) is 0 Å². The number of benzene rings is 1. The molecule has 0 aliphatic carbocycles. The van der Waals surface area contributed by atoms with E-state index in [-0.39, 0.29) is 11.8 Å². The summed E-state index contributed by atoms with van der Waals surface area (Å²) in [6.07, 6.45) is 2.15. The van der Waals surface area contributed by atoms with Gasteiger partial charge in [-0.15, -0.1) is 0 Å². The molecule has 1 aliphatic heterocycles. The molecule has 1 aromatic carbocycles. The van der Waals surface area contributed by atoms with E-state index in [1.807, 2.05) is 6.92 Å². The number of carbonyl (C=O) groups is 1. The molecule has 1 heterocycles. The van der Waals surface area contributed by atoms with Gasteiger partial charge in [0.15, 0.2) is 0 Å². The van der Waals surface area contributed by atoms with E-state index in [2.05, 4.69) is 5.32 Å². The number of hydrogen-bond acceptors (Lipinski definition) is 3. The van der Waals surface area contributed by atoms with Crippen LogP contribution in [-0.4, -0.2) is 55.6 Å². The minimum atomic E-state index is -3.22. The highest BCUT2D eigenvalue weighted by Crippen LogP contribution is 2.15. The fraction of sp³-hybridized carbons (Fsp3) is 0.562. The minimum Gasteiger partial charge on any atom is -0.323 e. The Bertz CT molecular complexity index is 649. The molecule has 0 aromatic heterocycles. The first kappa shape index (κ1) is 19.0. The Morgan fingerprint density at radius 3 is 2.54 bits per heavy atom. The minimum absolute atomic E-state index is 0.181. The second-order valence-electron chi connectivity index (χ2n) is 5.85. The van der Waals surface area contributed by atoms with Crippen LogP contribution in [0.2, 0.25) is 5.02 Å². The standard InChI is InChI=1S/C16H24ClN3O3S/c1-2-3-13-24(22,23)20-10-4-9-19(11-12-20)16(21)18-15-7-5-14(17)6-8-15/h5-8H,2-4,9-13H2,1H3,(H,18,21). The fourth-order valence-corrected chi connectivity index (χ4v) is 4.37. The van der Waals surface area contributed by atoms with E-state index >= 15 is 0 Å². The zero-order valence-corrected chi connectivity index (χ0v) is 15.4. The number of hydrogen-bond donors (Lipinski definition) is 1. The predicted octanol–water partition coefficient (Wildman–Crippen LogP) is 3.01. The normalized spacial score (nSPS) is 16.7.